The lowest BCUT2D eigenvalue weighted by Gasteiger charge is -2.14. The van der Waals surface area contributed by atoms with Crippen molar-refractivity contribution < 1.29 is 4.39 Å². The maximum Gasteiger partial charge on any atom is 0.169 e. The summed E-state index contributed by atoms with van der Waals surface area (Å²) in [5.74, 6) is 1.59. The molecular formula is C12H15FN4. The smallest absolute Gasteiger partial charge is 0.169 e. The van der Waals surface area contributed by atoms with E-state index in [-0.39, 0.29) is 11.9 Å². The molecule has 0 amide bonds. The topological polar surface area (TPSA) is 66.7 Å². The number of nitrogens with two attached hydrogens (primary N) is 1. The van der Waals surface area contributed by atoms with Gasteiger partial charge in [-0.05, 0) is 31.5 Å². The zero-order valence-corrected chi connectivity index (χ0v) is 9.79. The molecule has 0 fully saturated rings. The molecule has 0 aliphatic carbocycles. The molecule has 1 atom stereocenters. The third-order valence-electron chi connectivity index (χ3n) is 2.55. The Hall–Kier alpha value is -2.04. The van der Waals surface area contributed by atoms with Crippen LogP contribution in [0.5, 0.6) is 0 Å². The number of nitrogens with one attached hydrogen (secondary N) is 2. The number of H-pyrrole nitrogens is 1. The number of aromatic amines is 1. The van der Waals surface area contributed by atoms with E-state index in [9.17, 15) is 4.39 Å². The van der Waals surface area contributed by atoms with Crippen LogP contribution in [0, 0.1) is 12.7 Å². The van der Waals surface area contributed by atoms with Crippen molar-refractivity contribution in [3.8, 4) is 0 Å². The molecule has 0 bridgehead atoms. The third-order valence-corrected chi connectivity index (χ3v) is 2.55. The molecule has 1 aromatic heterocycles. The Balaban J connectivity index is 2.16. The predicted molar refractivity (Wildman–Crippen MR) is 66.2 cm³/mol. The third kappa shape index (κ3) is 2.55. The minimum atomic E-state index is -0.248. The number of aryl methyl sites for hydroxylation is 1. The van der Waals surface area contributed by atoms with Gasteiger partial charge in [0.15, 0.2) is 5.82 Å². The lowest BCUT2D eigenvalue weighted by atomic mass is 10.1. The summed E-state index contributed by atoms with van der Waals surface area (Å²) in [6, 6.07) is 6.39. The van der Waals surface area contributed by atoms with Crippen LogP contribution in [-0.4, -0.2) is 9.97 Å². The van der Waals surface area contributed by atoms with E-state index in [1.165, 1.54) is 12.1 Å². The molecule has 0 saturated heterocycles. The first-order valence-electron chi connectivity index (χ1n) is 5.40. The van der Waals surface area contributed by atoms with Gasteiger partial charge in [0.05, 0.1) is 6.04 Å². The molecule has 1 heterocycles. The van der Waals surface area contributed by atoms with Crippen molar-refractivity contribution in [3.05, 3.63) is 41.5 Å². The molecular weight excluding hydrogens is 219 g/mol. The predicted octanol–water partition coefficient (Wildman–Crippen LogP) is 2.61. The van der Waals surface area contributed by atoms with Crippen molar-refractivity contribution in [1.29, 1.82) is 0 Å². The monoisotopic (exact) mass is 234 g/mol. The standard InChI is InChI=1S/C12H15FN4/c1-7(9-4-3-5-10(13)6-9)15-12-11(14)16-8(2)17-12/h3-7,15H,14H2,1-2H3,(H,16,17). The molecule has 1 unspecified atom stereocenters. The molecule has 0 radical (unpaired) electrons. The summed E-state index contributed by atoms with van der Waals surface area (Å²) < 4.78 is 13.1. The zero-order chi connectivity index (χ0) is 12.4. The summed E-state index contributed by atoms with van der Waals surface area (Å²) in [4.78, 5) is 7.12. The Bertz CT molecular complexity index is 521. The van der Waals surface area contributed by atoms with E-state index in [0.717, 1.165) is 11.4 Å². The number of aromatic nitrogens is 2. The molecule has 17 heavy (non-hydrogen) atoms. The SMILES string of the molecule is Cc1nc(NC(C)c2cccc(F)c2)c(N)[nH]1. The van der Waals surface area contributed by atoms with Crippen molar-refractivity contribution in [2.45, 2.75) is 19.9 Å². The van der Waals surface area contributed by atoms with E-state index in [2.05, 4.69) is 15.3 Å². The number of nitrogen functional groups attached to an aromatic ring is 1. The van der Waals surface area contributed by atoms with Crippen molar-refractivity contribution in [1.82, 2.24) is 9.97 Å². The Morgan fingerprint density at radius 2 is 2.24 bits per heavy atom. The first-order valence-corrected chi connectivity index (χ1v) is 5.40. The molecule has 2 rings (SSSR count). The quantitative estimate of drug-likeness (QED) is 0.764. The van der Waals surface area contributed by atoms with E-state index >= 15 is 0 Å². The molecule has 5 heteroatoms. The van der Waals surface area contributed by atoms with Gasteiger partial charge >= 0.3 is 0 Å². The number of rotatable bonds is 3. The average molecular weight is 234 g/mol. The van der Waals surface area contributed by atoms with Gasteiger partial charge in [0.2, 0.25) is 0 Å². The van der Waals surface area contributed by atoms with Crippen LogP contribution in [0.25, 0.3) is 0 Å². The van der Waals surface area contributed by atoms with Gasteiger partial charge in [-0.2, -0.15) is 0 Å². The summed E-state index contributed by atoms with van der Waals surface area (Å²) in [5.41, 5.74) is 6.59. The summed E-state index contributed by atoms with van der Waals surface area (Å²) in [5, 5.41) is 3.14. The highest BCUT2D eigenvalue weighted by molar-refractivity contribution is 5.57. The van der Waals surface area contributed by atoms with Gasteiger partial charge in [-0.15, -0.1) is 0 Å². The van der Waals surface area contributed by atoms with Crippen LogP contribution < -0.4 is 11.1 Å². The van der Waals surface area contributed by atoms with E-state index in [4.69, 9.17) is 5.73 Å². The summed E-state index contributed by atoms with van der Waals surface area (Å²) in [6.45, 7) is 3.76. The summed E-state index contributed by atoms with van der Waals surface area (Å²) in [7, 11) is 0. The van der Waals surface area contributed by atoms with E-state index < -0.39 is 0 Å². The Kier molecular flexibility index (Phi) is 2.99. The maximum atomic E-state index is 13.1. The van der Waals surface area contributed by atoms with Crippen molar-refractivity contribution in [3.63, 3.8) is 0 Å². The van der Waals surface area contributed by atoms with Crippen molar-refractivity contribution in [2.75, 3.05) is 11.1 Å². The molecule has 0 spiro atoms. The Morgan fingerprint density at radius 1 is 1.47 bits per heavy atom. The number of anilines is 2. The Morgan fingerprint density at radius 3 is 2.82 bits per heavy atom. The lowest BCUT2D eigenvalue weighted by Crippen LogP contribution is -2.08. The molecule has 2 aromatic rings. The van der Waals surface area contributed by atoms with Crippen LogP contribution in [0.15, 0.2) is 24.3 Å². The second-order valence-corrected chi connectivity index (χ2v) is 4.01. The van der Waals surface area contributed by atoms with Crippen LogP contribution in [0.2, 0.25) is 0 Å². The number of hydrogen-bond acceptors (Lipinski definition) is 3. The summed E-state index contributed by atoms with van der Waals surface area (Å²) in [6.07, 6.45) is 0. The van der Waals surface area contributed by atoms with Gasteiger partial charge in [-0.1, -0.05) is 12.1 Å². The van der Waals surface area contributed by atoms with Gasteiger partial charge in [0.25, 0.3) is 0 Å². The van der Waals surface area contributed by atoms with Gasteiger partial charge in [0, 0.05) is 0 Å². The van der Waals surface area contributed by atoms with E-state index in [0.29, 0.717) is 11.6 Å². The number of imidazole rings is 1. The first-order chi connectivity index (χ1) is 8.06. The summed E-state index contributed by atoms with van der Waals surface area (Å²) >= 11 is 0. The largest absolute Gasteiger partial charge is 0.382 e. The molecule has 0 aliphatic heterocycles. The first kappa shape index (κ1) is 11.4. The fourth-order valence-corrected chi connectivity index (χ4v) is 1.68. The van der Waals surface area contributed by atoms with Crippen LogP contribution in [-0.2, 0) is 0 Å². The highest BCUT2D eigenvalue weighted by Gasteiger charge is 2.10. The zero-order valence-electron chi connectivity index (χ0n) is 9.79. The van der Waals surface area contributed by atoms with Crippen molar-refractivity contribution >= 4 is 11.6 Å². The Labute approximate surface area is 99.1 Å². The van der Waals surface area contributed by atoms with Gasteiger partial charge in [-0.25, -0.2) is 9.37 Å². The van der Waals surface area contributed by atoms with Crippen LogP contribution >= 0.6 is 0 Å². The van der Waals surface area contributed by atoms with Crippen LogP contribution in [0.1, 0.15) is 24.4 Å². The lowest BCUT2D eigenvalue weighted by molar-refractivity contribution is 0.623. The molecule has 4 N–H and O–H groups in total. The normalized spacial score (nSPS) is 12.4. The highest BCUT2D eigenvalue weighted by Crippen LogP contribution is 2.22. The molecule has 0 saturated carbocycles. The van der Waals surface area contributed by atoms with Gasteiger partial charge in [0.1, 0.15) is 17.5 Å². The fraction of sp³-hybridized carbons (Fsp3) is 0.250. The minimum Gasteiger partial charge on any atom is -0.382 e. The van der Waals surface area contributed by atoms with E-state index in [1.807, 2.05) is 19.9 Å². The molecule has 0 aliphatic rings. The van der Waals surface area contributed by atoms with Crippen LogP contribution in [0.4, 0.5) is 16.0 Å². The van der Waals surface area contributed by atoms with Gasteiger partial charge in [-0.3, -0.25) is 0 Å². The van der Waals surface area contributed by atoms with Gasteiger partial charge < -0.3 is 16.0 Å². The molecule has 1 aromatic carbocycles. The van der Waals surface area contributed by atoms with Crippen LogP contribution in [0.3, 0.4) is 0 Å². The second-order valence-electron chi connectivity index (χ2n) is 4.01. The fourth-order valence-electron chi connectivity index (χ4n) is 1.68. The minimum absolute atomic E-state index is 0.0595. The number of nitrogens with zero attached hydrogens (tertiary/aromatic N) is 1. The van der Waals surface area contributed by atoms with E-state index in [1.54, 1.807) is 6.07 Å². The second kappa shape index (κ2) is 4.45. The molecule has 4 nitrogen and oxygen atoms in total. The number of hydrogen-bond donors (Lipinski definition) is 3. The number of halogens is 1. The highest BCUT2D eigenvalue weighted by atomic mass is 19.1. The van der Waals surface area contributed by atoms with Crippen molar-refractivity contribution in [2.24, 2.45) is 0 Å². The maximum absolute atomic E-state index is 13.1. The molecule has 90 valence electrons. The average Bonchev–Trinajstić information content (AvgIpc) is 2.57. The number of benzene rings is 1.